The lowest BCUT2D eigenvalue weighted by Crippen LogP contribution is -2.45. The molecule has 3 heterocycles. The maximum absolute atomic E-state index is 12.9. The number of carbonyl (C=O) groups excluding carboxylic acids is 1. The van der Waals surface area contributed by atoms with Crippen molar-refractivity contribution in [2.24, 2.45) is 11.3 Å². The summed E-state index contributed by atoms with van der Waals surface area (Å²) in [6.45, 7) is 5.35. The van der Waals surface area contributed by atoms with E-state index >= 15 is 0 Å². The van der Waals surface area contributed by atoms with Gasteiger partial charge in [-0.2, -0.15) is 0 Å². The summed E-state index contributed by atoms with van der Waals surface area (Å²) in [7, 11) is 1.53. The highest BCUT2D eigenvalue weighted by molar-refractivity contribution is 5.93. The van der Waals surface area contributed by atoms with Crippen LogP contribution in [-0.2, 0) is 0 Å². The Morgan fingerprint density at radius 2 is 1.89 bits per heavy atom. The number of ether oxygens (including phenoxy) is 1. The zero-order valence-corrected chi connectivity index (χ0v) is 17.2. The van der Waals surface area contributed by atoms with Gasteiger partial charge < -0.3 is 14.5 Å². The van der Waals surface area contributed by atoms with Crippen molar-refractivity contribution in [2.75, 3.05) is 39.8 Å². The predicted molar refractivity (Wildman–Crippen MR) is 108 cm³/mol. The molecule has 6 nitrogen and oxygen atoms in total. The summed E-state index contributed by atoms with van der Waals surface area (Å²) >= 11 is 0. The number of hydrogen-bond donors (Lipinski definition) is 0. The highest BCUT2D eigenvalue weighted by atomic mass is 16.5. The minimum atomic E-state index is 0.0545. The Kier molecular flexibility index (Phi) is 6.14. The third-order valence-corrected chi connectivity index (χ3v) is 7.10. The molecule has 1 amide bonds. The largest absolute Gasteiger partial charge is 0.467 e. The highest BCUT2D eigenvalue weighted by Crippen LogP contribution is 2.39. The van der Waals surface area contributed by atoms with E-state index < -0.39 is 0 Å². The first-order chi connectivity index (χ1) is 13.7. The Morgan fingerprint density at radius 1 is 1.11 bits per heavy atom. The fourth-order valence-corrected chi connectivity index (χ4v) is 5.50. The molecule has 3 aliphatic rings. The first kappa shape index (κ1) is 19.6. The summed E-state index contributed by atoms with van der Waals surface area (Å²) < 4.78 is 4.99. The van der Waals surface area contributed by atoms with Gasteiger partial charge in [0.05, 0.1) is 12.7 Å². The zero-order chi connectivity index (χ0) is 19.4. The average molecular weight is 387 g/mol. The maximum atomic E-state index is 12.9. The van der Waals surface area contributed by atoms with Gasteiger partial charge in [-0.1, -0.05) is 32.1 Å². The molecule has 0 bridgehead atoms. The van der Waals surface area contributed by atoms with Gasteiger partial charge in [0, 0.05) is 37.4 Å². The zero-order valence-electron chi connectivity index (χ0n) is 17.2. The van der Waals surface area contributed by atoms with Crippen LogP contribution in [0.5, 0.6) is 6.01 Å². The smallest absolute Gasteiger partial charge is 0.316 e. The number of piperidine rings is 1. The maximum Gasteiger partial charge on any atom is 0.316 e. The van der Waals surface area contributed by atoms with Gasteiger partial charge in [0.15, 0.2) is 0 Å². The van der Waals surface area contributed by atoms with Crippen LogP contribution in [-0.4, -0.2) is 65.5 Å². The third-order valence-electron chi connectivity index (χ3n) is 7.10. The number of hydrogen-bond acceptors (Lipinski definition) is 5. The monoisotopic (exact) mass is 386 g/mol. The van der Waals surface area contributed by atoms with E-state index in [0.717, 1.165) is 32.0 Å². The molecule has 6 heteroatoms. The van der Waals surface area contributed by atoms with Crippen LogP contribution in [0.4, 0.5) is 0 Å². The first-order valence-corrected chi connectivity index (χ1v) is 11.1. The summed E-state index contributed by atoms with van der Waals surface area (Å²) in [6.07, 6.45) is 15.3. The molecule has 0 aromatic carbocycles. The molecule has 0 N–H and O–H groups in total. The number of carbonyl (C=O) groups is 1. The lowest BCUT2D eigenvalue weighted by Gasteiger charge is -2.41. The molecule has 1 unspecified atom stereocenters. The molecular weight excluding hydrogens is 352 g/mol. The predicted octanol–water partition coefficient (Wildman–Crippen LogP) is 3.38. The number of nitrogens with zero attached hydrogens (tertiary/aromatic N) is 4. The standard InChI is InChI=1S/C22H34N4O2/c1-28-21-23-14-19(15-24-21)20(27)26-13-10-22(17-26)9-5-11-25(16-22)12-8-18-6-3-2-4-7-18/h14-15,18H,2-13,16-17H2,1H3. The SMILES string of the molecule is COc1ncc(C(=O)N2CCC3(CCCN(CCC4CCCCC4)C3)C2)cn1. The summed E-state index contributed by atoms with van der Waals surface area (Å²) in [5, 5.41) is 0. The first-order valence-electron chi connectivity index (χ1n) is 11.1. The topological polar surface area (TPSA) is 58.6 Å². The van der Waals surface area contributed by atoms with Crippen LogP contribution in [0.25, 0.3) is 0 Å². The third kappa shape index (κ3) is 4.48. The molecule has 1 aromatic rings. The molecule has 2 saturated heterocycles. The molecule has 0 radical (unpaired) electrons. The summed E-state index contributed by atoms with van der Waals surface area (Å²) in [6, 6.07) is 0.301. The minimum absolute atomic E-state index is 0.0545. The van der Waals surface area contributed by atoms with E-state index in [1.807, 2.05) is 4.90 Å². The van der Waals surface area contributed by atoms with Gasteiger partial charge in [-0.3, -0.25) is 4.79 Å². The lowest BCUT2D eigenvalue weighted by atomic mass is 9.79. The number of amides is 1. The van der Waals surface area contributed by atoms with Crippen molar-refractivity contribution >= 4 is 5.91 Å². The van der Waals surface area contributed by atoms with E-state index in [0.29, 0.717) is 11.6 Å². The van der Waals surface area contributed by atoms with Gasteiger partial charge in [0.25, 0.3) is 5.91 Å². The normalized spacial score (nSPS) is 26.7. The Hall–Kier alpha value is -1.69. The molecule has 4 rings (SSSR count). The fourth-order valence-electron chi connectivity index (χ4n) is 5.50. The molecule has 28 heavy (non-hydrogen) atoms. The molecule has 1 atom stereocenters. The van der Waals surface area contributed by atoms with Crippen molar-refractivity contribution in [3.05, 3.63) is 18.0 Å². The summed E-state index contributed by atoms with van der Waals surface area (Å²) in [4.78, 5) is 25.7. The molecule has 1 aliphatic carbocycles. The molecule has 3 fully saturated rings. The van der Waals surface area contributed by atoms with Crippen molar-refractivity contribution in [3.63, 3.8) is 0 Å². The second-order valence-electron chi connectivity index (χ2n) is 9.11. The molecular formula is C22H34N4O2. The number of methoxy groups -OCH3 is 1. The molecule has 1 spiro atoms. The van der Waals surface area contributed by atoms with Gasteiger partial charge >= 0.3 is 6.01 Å². The van der Waals surface area contributed by atoms with Crippen LogP contribution in [0.15, 0.2) is 12.4 Å². The van der Waals surface area contributed by atoms with Gasteiger partial charge in [-0.05, 0) is 44.7 Å². The fraction of sp³-hybridized carbons (Fsp3) is 0.773. The molecule has 1 aromatic heterocycles. The van der Waals surface area contributed by atoms with E-state index in [1.165, 1.54) is 71.6 Å². The van der Waals surface area contributed by atoms with E-state index in [9.17, 15) is 4.79 Å². The second-order valence-corrected chi connectivity index (χ2v) is 9.11. The number of aromatic nitrogens is 2. The minimum Gasteiger partial charge on any atom is -0.467 e. The number of rotatable bonds is 5. The van der Waals surface area contributed by atoms with E-state index in [-0.39, 0.29) is 11.3 Å². The Bertz CT molecular complexity index is 659. The van der Waals surface area contributed by atoms with Crippen molar-refractivity contribution in [1.29, 1.82) is 0 Å². The van der Waals surface area contributed by atoms with Crippen molar-refractivity contribution in [2.45, 2.75) is 57.8 Å². The second kappa shape index (κ2) is 8.76. The molecule has 2 aliphatic heterocycles. The van der Waals surface area contributed by atoms with Crippen molar-refractivity contribution < 1.29 is 9.53 Å². The lowest BCUT2D eigenvalue weighted by molar-refractivity contribution is 0.0673. The Balaban J connectivity index is 1.31. The van der Waals surface area contributed by atoms with Gasteiger partial charge in [0.2, 0.25) is 0 Å². The number of likely N-dealkylation sites (tertiary alicyclic amines) is 2. The van der Waals surface area contributed by atoms with Crippen LogP contribution in [0, 0.1) is 11.3 Å². The van der Waals surface area contributed by atoms with Gasteiger partial charge in [-0.25, -0.2) is 9.97 Å². The molecule has 154 valence electrons. The van der Waals surface area contributed by atoms with E-state index in [1.54, 1.807) is 12.4 Å². The van der Waals surface area contributed by atoms with Crippen LogP contribution in [0.3, 0.4) is 0 Å². The Labute approximate surface area is 168 Å². The molecule has 1 saturated carbocycles. The average Bonchev–Trinajstić information content (AvgIpc) is 3.15. The van der Waals surface area contributed by atoms with Crippen molar-refractivity contribution in [3.8, 4) is 6.01 Å². The van der Waals surface area contributed by atoms with Crippen molar-refractivity contribution in [1.82, 2.24) is 19.8 Å². The van der Waals surface area contributed by atoms with Gasteiger partial charge in [0.1, 0.15) is 0 Å². The summed E-state index contributed by atoms with van der Waals surface area (Å²) in [5.41, 5.74) is 0.844. The van der Waals surface area contributed by atoms with Gasteiger partial charge in [-0.15, -0.1) is 0 Å². The summed E-state index contributed by atoms with van der Waals surface area (Å²) in [5.74, 6) is 1.00. The quantitative estimate of drug-likeness (QED) is 0.776. The van der Waals surface area contributed by atoms with Crippen LogP contribution in [0.2, 0.25) is 0 Å². The highest BCUT2D eigenvalue weighted by Gasteiger charge is 2.42. The van der Waals surface area contributed by atoms with E-state index in [4.69, 9.17) is 4.74 Å². The van der Waals surface area contributed by atoms with E-state index in [2.05, 4.69) is 14.9 Å². The Morgan fingerprint density at radius 3 is 2.64 bits per heavy atom. The van der Waals surface area contributed by atoms with Crippen LogP contribution >= 0.6 is 0 Å². The van der Waals surface area contributed by atoms with Crippen LogP contribution in [0.1, 0.15) is 68.1 Å². The van der Waals surface area contributed by atoms with Crippen LogP contribution < -0.4 is 4.74 Å².